The lowest BCUT2D eigenvalue weighted by atomic mass is 10.0. The number of H-pyrrole nitrogens is 1. The van der Waals surface area contributed by atoms with E-state index in [1.807, 2.05) is 0 Å². The van der Waals surface area contributed by atoms with Crippen LogP contribution in [0.4, 0.5) is 10.1 Å². The van der Waals surface area contributed by atoms with Crippen LogP contribution in [0, 0.1) is 5.82 Å². The van der Waals surface area contributed by atoms with Crippen LogP contribution >= 0.6 is 11.6 Å². The summed E-state index contributed by atoms with van der Waals surface area (Å²) in [5.74, 6) is -0.825. The fourth-order valence-electron chi connectivity index (χ4n) is 2.65. The monoisotopic (exact) mass is 308 g/mol. The Balaban J connectivity index is 1.77. The fourth-order valence-corrected chi connectivity index (χ4v) is 2.80. The minimum atomic E-state index is -0.600. The molecule has 0 saturated carbocycles. The third-order valence-corrected chi connectivity index (χ3v) is 3.98. The molecule has 2 aromatic rings. The van der Waals surface area contributed by atoms with Gasteiger partial charge in [-0.2, -0.15) is 5.10 Å². The fraction of sp³-hybridized carbons (Fsp3) is 0.286. The molecule has 1 aliphatic heterocycles. The Morgan fingerprint density at radius 1 is 1.52 bits per heavy atom. The molecule has 1 unspecified atom stereocenters. The van der Waals surface area contributed by atoms with E-state index >= 15 is 0 Å². The maximum Gasteiger partial charge on any atom is 0.256 e. The number of benzene rings is 1. The highest BCUT2D eigenvalue weighted by atomic mass is 35.5. The van der Waals surface area contributed by atoms with Gasteiger partial charge in [0, 0.05) is 24.0 Å². The number of nitrogens with one attached hydrogen (secondary N) is 1. The van der Waals surface area contributed by atoms with Crippen LogP contribution in [0.1, 0.15) is 28.4 Å². The van der Waals surface area contributed by atoms with E-state index in [1.165, 1.54) is 12.1 Å². The molecule has 5 nitrogen and oxygen atoms in total. The Hall–Kier alpha value is -2.08. The topological polar surface area (TPSA) is 75.0 Å². The summed E-state index contributed by atoms with van der Waals surface area (Å²) < 4.78 is 13.8. The van der Waals surface area contributed by atoms with Gasteiger partial charge in [0.2, 0.25) is 0 Å². The number of aromatic amines is 1. The highest BCUT2D eigenvalue weighted by Crippen LogP contribution is 2.30. The smallest absolute Gasteiger partial charge is 0.256 e. The number of nitrogens with zero attached hydrogens (tertiary/aromatic N) is 2. The van der Waals surface area contributed by atoms with Crippen LogP contribution in [0.5, 0.6) is 0 Å². The van der Waals surface area contributed by atoms with E-state index in [0.717, 1.165) is 18.2 Å². The predicted octanol–water partition coefficient (Wildman–Crippen LogP) is 2.41. The van der Waals surface area contributed by atoms with Crippen molar-refractivity contribution >= 4 is 23.2 Å². The highest BCUT2D eigenvalue weighted by Gasteiger charge is 2.30. The summed E-state index contributed by atoms with van der Waals surface area (Å²) >= 11 is 5.70. The molecule has 0 bridgehead atoms. The standard InChI is InChI=1S/C14H14ClFN4O/c15-9-1-2-10(11(16)5-9)14(21)20-4-3-8(7-20)13-12(17)6-18-19-13/h1-2,5-6,8H,3-4,7,17H2,(H,18,19). The molecule has 2 heterocycles. The van der Waals surface area contributed by atoms with Crippen molar-refractivity contribution in [3.05, 3.63) is 46.5 Å². The van der Waals surface area contributed by atoms with E-state index in [2.05, 4.69) is 10.2 Å². The number of hydrogen-bond donors (Lipinski definition) is 2. The normalized spacial score (nSPS) is 18.2. The molecule has 1 aliphatic rings. The Bertz CT molecular complexity index is 687. The summed E-state index contributed by atoms with van der Waals surface area (Å²) in [5.41, 5.74) is 7.29. The number of carbonyl (C=O) groups excluding carboxylic acids is 1. The summed E-state index contributed by atoms with van der Waals surface area (Å²) in [6.07, 6.45) is 2.33. The quantitative estimate of drug-likeness (QED) is 0.894. The predicted molar refractivity (Wildman–Crippen MR) is 77.7 cm³/mol. The molecule has 1 aromatic heterocycles. The molecule has 7 heteroatoms. The SMILES string of the molecule is Nc1cn[nH]c1C1CCN(C(=O)c2ccc(Cl)cc2F)C1. The molecule has 0 aliphatic carbocycles. The average Bonchev–Trinajstić information content (AvgIpc) is 3.06. The number of anilines is 1. The molecule has 1 atom stereocenters. The van der Waals surface area contributed by atoms with Gasteiger partial charge in [0.15, 0.2) is 0 Å². The van der Waals surface area contributed by atoms with Crippen molar-refractivity contribution in [1.82, 2.24) is 15.1 Å². The van der Waals surface area contributed by atoms with Crippen LogP contribution in [0.15, 0.2) is 24.4 Å². The van der Waals surface area contributed by atoms with Crippen molar-refractivity contribution in [2.45, 2.75) is 12.3 Å². The third-order valence-electron chi connectivity index (χ3n) is 3.74. The van der Waals surface area contributed by atoms with Crippen molar-refractivity contribution in [2.24, 2.45) is 0 Å². The minimum Gasteiger partial charge on any atom is -0.396 e. The van der Waals surface area contributed by atoms with E-state index in [0.29, 0.717) is 18.8 Å². The summed E-state index contributed by atoms with van der Waals surface area (Å²) in [6.45, 7) is 1.05. The van der Waals surface area contributed by atoms with Crippen molar-refractivity contribution in [1.29, 1.82) is 0 Å². The first-order chi connectivity index (χ1) is 10.1. The molecular formula is C14H14ClFN4O. The maximum atomic E-state index is 13.8. The van der Waals surface area contributed by atoms with E-state index in [1.54, 1.807) is 11.1 Å². The van der Waals surface area contributed by atoms with Crippen LogP contribution in [0.2, 0.25) is 5.02 Å². The summed E-state index contributed by atoms with van der Waals surface area (Å²) in [7, 11) is 0. The van der Waals surface area contributed by atoms with Crippen molar-refractivity contribution in [2.75, 3.05) is 18.8 Å². The Kier molecular flexibility index (Phi) is 3.55. The van der Waals surface area contributed by atoms with Crippen LogP contribution in [-0.2, 0) is 0 Å². The Morgan fingerprint density at radius 2 is 2.33 bits per heavy atom. The van der Waals surface area contributed by atoms with Gasteiger partial charge in [0.25, 0.3) is 5.91 Å². The van der Waals surface area contributed by atoms with Gasteiger partial charge < -0.3 is 10.6 Å². The zero-order valence-corrected chi connectivity index (χ0v) is 11.9. The van der Waals surface area contributed by atoms with Gasteiger partial charge in [-0.05, 0) is 24.6 Å². The van der Waals surface area contributed by atoms with Gasteiger partial charge in [-0.3, -0.25) is 9.89 Å². The van der Waals surface area contributed by atoms with E-state index in [-0.39, 0.29) is 22.4 Å². The number of halogens is 2. The number of hydrogen-bond acceptors (Lipinski definition) is 3. The molecule has 21 heavy (non-hydrogen) atoms. The number of amides is 1. The van der Waals surface area contributed by atoms with Gasteiger partial charge in [0.05, 0.1) is 23.1 Å². The second-order valence-corrected chi connectivity index (χ2v) is 5.54. The summed E-state index contributed by atoms with van der Waals surface area (Å²) in [6, 6.07) is 4.07. The van der Waals surface area contributed by atoms with Crippen LogP contribution < -0.4 is 5.73 Å². The van der Waals surface area contributed by atoms with Crippen molar-refractivity contribution < 1.29 is 9.18 Å². The first-order valence-corrected chi connectivity index (χ1v) is 6.97. The minimum absolute atomic E-state index is 0.0395. The molecule has 3 N–H and O–H groups in total. The number of carbonyl (C=O) groups is 1. The summed E-state index contributed by atoms with van der Waals surface area (Å²) in [4.78, 5) is 14.0. The lowest BCUT2D eigenvalue weighted by molar-refractivity contribution is 0.0786. The average molecular weight is 309 g/mol. The van der Waals surface area contributed by atoms with Crippen molar-refractivity contribution in [3.8, 4) is 0 Å². The van der Waals surface area contributed by atoms with Gasteiger partial charge in [-0.25, -0.2) is 4.39 Å². The van der Waals surface area contributed by atoms with Gasteiger partial charge in [-0.15, -0.1) is 0 Å². The molecule has 1 saturated heterocycles. The molecular weight excluding hydrogens is 295 g/mol. The largest absolute Gasteiger partial charge is 0.396 e. The van der Waals surface area contributed by atoms with E-state index < -0.39 is 5.82 Å². The first kappa shape index (κ1) is 13.9. The van der Waals surface area contributed by atoms with Crippen LogP contribution in [-0.4, -0.2) is 34.1 Å². The molecule has 1 amide bonds. The second kappa shape index (κ2) is 5.37. The lowest BCUT2D eigenvalue weighted by Gasteiger charge is -2.17. The lowest BCUT2D eigenvalue weighted by Crippen LogP contribution is -2.29. The van der Waals surface area contributed by atoms with Gasteiger partial charge in [-0.1, -0.05) is 11.6 Å². The number of rotatable bonds is 2. The van der Waals surface area contributed by atoms with Gasteiger partial charge in [0.1, 0.15) is 5.82 Å². The zero-order chi connectivity index (χ0) is 15.0. The number of nitrogens with two attached hydrogens (primary N) is 1. The molecule has 1 aromatic carbocycles. The van der Waals surface area contributed by atoms with Gasteiger partial charge >= 0.3 is 0 Å². The van der Waals surface area contributed by atoms with E-state index in [9.17, 15) is 9.18 Å². The number of nitrogen functional groups attached to an aromatic ring is 1. The Labute approximate surface area is 125 Å². The molecule has 0 radical (unpaired) electrons. The molecule has 0 spiro atoms. The molecule has 1 fully saturated rings. The Morgan fingerprint density at radius 3 is 3.00 bits per heavy atom. The number of aromatic nitrogens is 2. The van der Waals surface area contributed by atoms with Crippen LogP contribution in [0.25, 0.3) is 0 Å². The van der Waals surface area contributed by atoms with Crippen molar-refractivity contribution in [3.63, 3.8) is 0 Å². The highest BCUT2D eigenvalue weighted by molar-refractivity contribution is 6.30. The number of likely N-dealkylation sites (tertiary alicyclic amines) is 1. The van der Waals surface area contributed by atoms with Crippen LogP contribution in [0.3, 0.4) is 0 Å². The zero-order valence-electron chi connectivity index (χ0n) is 11.1. The maximum absolute atomic E-state index is 13.8. The second-order valence-electron chi connectivity index (χ2n) is 5.10. The molecule has 3 rings (SSSR count). The summed E-state index contributed by atoms with van der Waals surface area (Å²) in [5, 5.41) is 7.02. The van der Waals surface area contributed by atoms with E-state index in [4.69, 9.17) is 17.3 Å². The third kappa shape index (κ3) is 2.58. The first-order valence-electron chi connectivity index (χ1n) is 6.59. The molecule has 110 valence electrons.